The molecule has 0 amide bonds. The van der Waals surface area contributed by atoms with Crippen LogP contribution >= 0.6 is 0 Å². The van der Waals surface area contributed by atoms with E-state index in [1.54, 1.807) is 19.2 Å². The van der Waals surface area contributed by atoms with Crippen LogP contribution in [0.1, 0.15) is 18.9 Å². The van der Waals surface area contributed by atoms with Crippen molar-refractivity contribution in [3.05, 3.63) is 35.6 Å². The number of hydrogen-bond donors (Lipinski definition) is 1. The molecule has 0 fully saturated rings. The summed E-state index contributed by atoms with van der Waals surface area (Å²) in [5.74, 6) is -0.195. The molecular weight excluding hydrogens is 243 g/mol. The predicted octanol–water partition coefficient (Wildman–Crippen LogP) is 2.05. The third-order valence-electron chi connectivity index (χ3n) is 3.68. The van der Waals surface area contributed by atoms with Crippen LogP contribution in [-0.2, 0) is 11.2 Å². The Morgan fingerprint density at radius 1 is 1.42 bits per heavy atom. The van der Waals surface area contributed by atoms with Crippen molar-refractivity contribution < 1.29 is 9.13 Å². The minimum atomic E-state index is -0.195. The van der Waals surface area contributed by atoms with Gasteiger partial charge in [-0.2, -0.15) is 0 Å². The van der Waals surface area contributed by atoms with Crippen molar-refractivity contribution in [1.82, 2.24) is 4.90 Å². The van der Waals surface area contributed by atoms with Gasteiger partial charge in [-0.1, -0.05) is 12.1 Å². The highest BCUT2D eigenvalue weighted by atomic mass is 19.1. The fraction of sp³-hybridized carbons (Fsp3) is 0.600. The first-order valence-corrected chi connectivity index (χ1v) is 6.66. The van der Waals surface area contributed by atoms with E-state index in [-0.39, 0.29) is 11.4 Å². The molecule has 2 N–H and O–H groups in total. The summed E-state index contributed by atoms with van der Waals surface area (Å²) >= 11 is 0. The second kappa shape index (κ2) is 7.58. The molecule has 0 aliphatic carbocycles. The van der Waals surface area contributed by atoms with Crippen LogP contribution in [-0.4, -0.2) is 44.3 Å². The lowest BCUT2D eigenvalue weighted by atomic mass is 9.91. The first-order valence-electron chi connectivity index (χ1n) is 6.66. The summed E-state index contributed by atoms with van der Waals surface area (Å²) in [5, 5.41) is 0. The molecule has 108 valence electrons. The molecule has 0 radical (unpaired) electrons. The monoisotopic (exact) mass is 268 g/mol. The van der Waals surface area contributed by atoms with Crippen molar-refractivity contribution in [2.75, 3.05) is 33.9 Å². The SMILES string of the molecule is COCCCN(C)C(C)(CN)Cc1cccc(F)c1. The van der Waals surface area contributed by atoms with Gasteiger partial charge in [0.15, 0.2) is 0 Å². The van der Waals surface area contributed by atoms with Gasteiger partial charge in [0.2, 0.25) is 0 Å². The van der Waals surface area contributed by atoms with E-state index in [1.807, 2.05) is 6.07 Å². The first kappa shape index (κ1) is 16.1. The zero-order valence-electron chi connectivity index (χ0n) is 12.2. The number of nitrogens with zero attached hydrogens (tertiary/aromatic N) is 1. The molecule has 19 heavy (non-hydrogen) atoms. The van der Waals surface area contributed by atoms with Gasteiger partial charge < -0.3 is 10.5 Å². The molecule has 1 rings (SSSR count). The van der Waals surface area contributed by atoms with Gasteiger partial charge in [0, 0.05) is 32.3 Å². The number of nitrogens with two attached hydrogens (primary N) is 1. The van der Waals surface area contributed by atoms with Crippen LogP contribution in [0.3, 0.4) is 0 Å². The number of likely N-dealkylation sites (N-methyl/N-ethyl adjacent to an activating group) is 1. The molecule has 4 heteroatoms. The fourth-order valence-electron chi connectivity index (χ4n) is 2.17. The van der Waals surface area contributed by atoms with E-state index in [0.29, 0.717) is 6.54 Å². The van der Waals surface area contributed by atoms with E-state index in [1.165, 1.54) is 6.07 Å². The van der Waals surface area contributed by atoms with Crippen molar-refractivity contribution in [2.45, 2.75) is 25.3 Å². The molecule has 1 atom stereocenters. The summed E-state index contributed by atoms with van der Waals surface area (Å²) in [7, 11) is 3.76. The van der Waals surface area contributed by atoms with Crippen molar-refractivity contribution in [1.29, 1.82) is 0 Å². The second-order valence-corrected chi connectivity index (χ2v) is 5.28. The van der Waals surface area contributed by atoms with E-state index < -0.39 is 0 Å². The maximum atomic E-state index is 13.2. The van der Waals surface area contributed by atoms with Gasteiger partial charge in [-0.3, -0.25) is 4.90 Å². The first-order chi connectivity index (χ1) is 9.01. The Kier molecular flexibility index (Phi) is 6.42. The lowest BCUT2D eigenvalue weighted by Crippen LogP contribution is -2.51. The highest BCUT2D eigenvalue weighted by molar-refractivity contribution is 5.19. The maximum absolute atomic E-state index is 13.2. The van der Waals surface area contributed by atoms with E-state index in [2.05, 4.69) is 18.9 Å². The Morgan fingerprint density at radius 2 is 2.16 bits per heavy atom. The number of rotatable bonds is 8. The van der Waals surface area contributed by atoms with Gasteiger partial charge in [0.25, 0.3) is 0 Å². The lowest BCUT2D eigenvalue weighted by molar-refractivity contribution is 0.119. The smallest absolute Gasteiger partial charge is 0.123 e. The van der Waals surface area contributed by atoms with E-state index in [9.17, 15) is 4.39 Å². The van der Waals surface area contributed by atoms with Crippen LogP contribution in [0.4, 0.5) is 4.39 Å². The van der Waals surface area contributed by atoms with Gasteiger partial charge in [0.05, 0.1) is 0 Å². The Labute approximate surface area is 115 Å². The Morgan fingerprint density at radius 3 is 2.74 bits per heavy atom. The largest absolute Gasteiger partial charge is 0.385 e. The fourth-order valence-corrected chi connectivity index (χ4v) is 2.17. The molecule has 1 aromatic carbocycles. The van der Waals surface area contributed by atoms with Gasteiger partial charge in [-0.15, -0.1) is 0 Å². The minimum absolute atomic E-state index is 0.165. The van der Waals surface area contributed by atoms with Crippen LogP contribution in [0.15, 0.2) is 24.3 Å². The molecule has 1 aromatic rings. The zero-order chi connectivity index (χ0) is 14.3. The second-order valence-electron chi connectivity index (χ2n) is 5.28. The lowest BCUT2D eigenvalue weighted by Gasteiger charge is -2.38. The van der Waals surface area contributed by atoms with Crippen molar-refractivity contribution in [3.63, 3.8) is 0 Å². The number of halogens is 1. The third kappa shape index (κ3) is 4.90. The van der Waals surface area contributed by atoms with Crippen LogP contribution in [0.2, 0.25) is 0 Å². The molecular formula is C15H25FN2O. The summed E-state index contributed by atoms with van der Waals surface area (Å²) in [6, 6.07) is 6.73. The third-order valence-corrected chi connectivity index (χ3v) is 3.68. The molecule has 0 saturated carbocycles. The molecule has 0 aliphatic rings. The van der Waals surface area contributed by atoms with Crippen molar-refractivity contribution in [2.24, 2.45) is 5.73 Å². The average Bonchev–Trinajstić information content (AvgIpc) is 2.38. The number of hydrogen-bond acceptors (Lipinski definition) is 3. The Hall–Kier alpha value is -0.970. The molecule has 0 aliphatic heterocycles. The number of ether oxygens (including phenoxy) is 1. The average molecular weight is 268 g/mol. The minimum Gasteiger partial charge on any atom is -0.385 e. The van der Waals surface area contributed by atoms with Gasteiger partial charge in [-0.25, -0.2) is 4.39 Å². The Balaban J connectivity index is 2.68. The zero-order valence-corrected chi connectivity index (χ0v) is 12.2. The predicted molar refractivity (Wildman–Crippen MR) is 76.7 cm³/mol. The highest BCUT2D eigenvalue weighted by Crippen LogP contribution is 2.19. The number of methoxy groups -OCH3 is 1. The summed E-state index contributed by atoms with van der Waals surface area (Å²) in [5.41, 5.74) is 6.74. The van der Waals surface area contributed by atoms with Crippen LogP contribution < -0.4 is 5.73 Å². The molecule has 0 aromatic heterocycles. The van der Waals surface area contributed by atoms with Gasteiger partial charge in [-0.05, 0) is 44.5 Å². The van der Waals surface area contributed by atoms with Crippen LogP contribution in [0.25, 0.3) is 0 Å². The molecule has 0 heterocycles. The summed E-state index contributed by atoms with van der Waals surface area (Å²) in [4.78, 5) is 2.23. The van der Waals surface area contributed by atoms with Gasteiger partial charge >= 0.3 is 0 Å². The molecule has 0 spiro atoms. The maximum Gasteiger partial charge on any atom is 0.123 e. The number of benzene rings is 1. The summed E-state index contributed by atoms with van der Waals surface area (Å²) < 4.78 is 18.3. The van der Waals surface area contributed by atoms with Gasteiger partial charge in [0.1, 0.15) is 5.82 Å². The quantitative estimate of drug-likeness (QED) is 0.733. The molecule has 3 nitrogen and oxygen atoms in total. The molecule has 1 unspecified atom stereocenters. The topological polar surface area (TPSA) is 38.5 Å². The normalized spacial score (nSPS) is 14.6. The highest BCUT2D eigenvalue weighted by Gasteiger charge is 2.27. The van der Waals surface area contributed by atoms with E-state index in [4.69, 9.17) is 10.5 Å². The van der Waals surface area contributed by atoms with Crippen molar-refractivity contribution in [3.8, 4) is 0 Å². The van der Waals surface area contributed by atoms with Crippen LogP contribution in [0.5, 0.6) is 0 Å². The summed E-state index contributed by atoms with van der Waals surface area (Å²) in [6.07, 6.45) is 1.70. The molecule has 0 saturated heterocycles. The summed E-state index contributed by atoms with van der Waals surface area (Å²) in [6.45, 7) is 4.31. The van der Waals surface area contributed by atoms with E-state index >= 15 is 0 Å². The van der Waals surface area contributed by atoms with E-state index in [0.717, 1.165) is 31.6 Å². The molecule has 0 bridgehead atoms. The Bertz CT molecular complexity index is 386. The van der Waals surface area contributed by atoms with Crippen LogP contribution in [0, 0.1) is 5.82 Å². The standard InChI is InChI=1S/C15H25FN2O/c1-15(12-17,18(2)8-5-9-19-3)11-13-6-4-7-14(16)10-13/h4,6-7,10H,5,8-9,11-12,17H2,1-3H3. The van der Waals surface area contributed by atoms with Crippen molar-refractivity contribution >= 4 is 0 Å².